The van der Waals surface area contributed by atoms with Gasteiger partial charge in [0.25, 0.3) is 0 Å². The average molecular weight is 558 g/mol. The number of aliphatic hydroxyl groups is 1. The monoisotopic (exact) mass is 558 g/mol. The number of esters is 1. The van der Waals surface area contributed by atoms with Crippen molar-refractivity contribution in [1.29, 1.82) is 0 Å². The first-order valence-corrected chi connectivity index (χ1v) is 12.4. The number of benzene rings is 3. The Bertz CT molecular complexity index is 2120. The zero-order chi connectivity index (χ0) is 28.9. The number of hydrogen-bond acceptors (Lipinski definition) is 12. The van der Waals surface area contributed by atoms with Crippen molar-refractivity contribution in [3.63, 3.8) is 0 Å². The van der Waals surface area contributed by atoms with Crippen LogP contribution in [0.15, 0.2) is 27.4 Å². The number of Topliss-reactive ketones (excluding diaryl/α,β-unsaturated/α-hetero) is 1. The fourth-order valence-electron chi connectivity index (χ4n) is 6.91. The molecule has 3 aromatic carbocycles. The number of phenolic OH excluding ortho intramolecular Hbond substituents is 3. The smallest absolute Gasteiger partial charge is 0.348 e. The van der Waals surface area contributed by atoms with Crippen LogP contribution in [0, 0.1) is 0 Å². The van der Waals surface area contributed by atoms with Gasteiger partial charge in [0, 0.05) is 56.8 Å². The van der Waals surface area contributed by atoms with E-state index in [4.69, 9.17) is 23.4 Å². The third-order valence-electron chi connectivity index (χ3n) is 8.45. The van der Waals surface area contributed by atoms with E-state index >= 15 is 0 Å². The second-order valence-corrected chi connectivity index (χ2v) is 10.5. The van der Waals surface area contributed by atoms with Gasteiger partial charge in [0.1, 0.15) is 39.4 Å². The minimum absolute atomic E-state index is 0.0000906. The molecule has 0 bridgehead atoms. The lowest BCUT2D eigenvalue weighted by atomic mass is 9.60. The van der Waals surface area contributed by atoms with Gasteiger partial charge in [-0.15, -0.1) is 0 Å². The normalized spacial score (nSPS) is 23.0. The maximum absolute atomic E-state index is 14.2. The number of fused-ring (bicyclic) bond motifs is 1. The van der Waals surface area contributed by atoms with Gasteiger partial charge in [-0.25, -0.2) is 9.59 Å². The molecule has 12 nitrogen and oxygen atoms in total. The molecule has 2 aliphatic carbocycles. The highest BCUT2D eigenvalue weighted by atomic mass is 16.6. The summed E-state index contributed by atoms with van der Waals surface area (Å²) in [6, 6.07) is 3.37. The minimum Gasteiger partial charge on any atom is -0.507 e. The number of methoxy groups -OCH3 is 2. The number of ketones is 1. The summed E-state index contributed by atoms with van der Waals surface area (Å²) < 4.78 is 28.6. The summed E-state index contributed by atoms with van der Waals surface area (Å²) in [5.41, 5.74) is -5.84. The Morgan fingerprint density at radius 1 is 0.805 bits per heavy atom. The molecular formula is C29H18O12. The largest absolute Gasteiger partial charge is 0.507 e. The van der Waals surface area contributed by atoms with Crippen LogP contribution in [0.1, 0.15) is 40.4 Å². The van der Waals surface area contributed by atoms with Gasteiger partial charge in [-0.2, -0.15) is 0 Å². The summed E-state index contributed by atoms with van der Waals surface area (Å²) >= 11 is 0. The molecule has 41 heavy (non-hydrogen) atoms. The van der Waals surface area contributed by atoms with E-state index in [1.807, 2.05) is 0 Å². The second-order valence-electron chi connectivity index (χ2n) is 10.5. The predicted octanol–water partition coefficient (Wildman–Crippen LogP) is 3.20. The van der Waals surface area contributed by atoms with Crippen LogP contribution in [0.3, 0.4) is 0 Å². The molecule has 2 aliphatic heterocycles. The zero-order valence-electron chi connectivity index (χ0n) is 21.5. The Hall–Kier alpha value is -5.23. The van der Waals surface area contributed by atoms with Gasteiger partial charge in [-0.05, 0) is 6.92 Å². The van der Waals surface area contributed by atoms with Crippen LogP contribution >= 0.6 is 0 Å². The summed E-state index contributed by atoms with van der Waals surface area (Å²) in [5.74, 6) is -3.80. The maximum Gasteiger partial charge on any atom is 0.348 e. The van der Waals surface area contributed by atoms with Crippen molar-refractivity contribution in [2.24, 2.45) is 0 Å². The van der Waals surface area contributed by atoms with E-state index in [0.717, 1.165) is 18.2 Å². The minimum atomic E-state index is -2.56. The first kappa shape index (κ1) is 23.6. The zero-order valence-corrected chi connectivity index (χ0v) is 21.5. The Balaban J connectivity index is 1.76. The van der Waals surface area contributed by atoms with Crippen molar-refractivity contribution in [1.82, 2.24) is 0 Å². The van der Waals surface area contributed by atoms with E-state index in [0.29, 0.717) is 0 Å². The standard InChI is InChI=1S/C29H18O12/c1-28-7-14(33)29(36)21-12(37-2)4-8(30)15-18(21)17-11(39-26(15)34)6-10(32)24-20(17)23(29)22(28)19-16(27(35)41-28)9(31)5-13(38-3)25(19)40-24/h4-6,30-32,36H,7H2,1-3H3. The highest BCUT2D eigenvalue weighted by Gasteiger charge is 2.62. The van der Waals surface area contributed by atoms with E-state index in [2.05, 4.69) is 0 Å². The van der Waals surface area contributed by atoms with Crippen molar-refractivity contribution < 1.29 is 53.4 Å². The summed E-state index contributed by atoms with van der Waals surface area (Å²) in [6.07, 6.45) is -0.523. The average Bonchev–Trinajstić information content (AvgIpc) is 3.07. The number of phenols is 3. The Morgan fingerprint density at radius 2 is 1.51 bits per heavy atom. The van der Waals surface area contributed by atoms with Crippen molar-refractivity contribution in [2.75, 3.05) is 14.2 Å². The first-order valence-electron chi connectivity index (χ1n) is 12.4. The van der Waals surface area contributed by atoms with Crippen LogP contribution in [0.5, 0.6) is 40.2 Å². The number of hydrogen-bond donors (Lipinski definition) is 4. The van der Waals surface area contributed by atoms with Crippen LogP contribution in [0.4, 0.5) is 0 Å². The van der Waals surface area contributed by atoms with Crippen LogP contribution in [-0.4, -0.2) is 52.0 Å². The van der Waals surface area contributed by atoms with E-state index in [1.54, 1.807) is 0 Å². The number of aromatic hydroxyl groups is 3. The molecule has 3 heterocycles. The molecule has 4 N–H and O–H groups in total. The Morgan fingerprint density at radius 3 is 2.22 bits per heavy atom. The van der Waals surface area contributed by atoms with Gasteiger partial charge >= 0.3 is 11.6 Å². The molecule has 2 unspecified atom stereocenters. The highest BCUT2D eigenvalue weighted by Crippen LogP contribution is 2.67. The summed E-state index contributed by atoms with van der Waals surface area (Å²) in [7, 11) is 2.58. The fraction of sp³-hybridized carbons (Fsp3) is 0.207. The molecule has 0 saturated carbocycles. The summed E-state index contributed by atoms with van der Waals surface area (Å²) in [5, 5.41) is 45.4. The topological polar surface area (TPSA) is 182 Å². The van der Waals surface area contributed by atoms with E-state index in [9.17, 15) is 34.8 Å². The van der Waals surface area contributed by atoms with Crippen LogP contribution < -0.4 is 19.8 Å². The first-order chi connectivity index (χ1) is 19.5. The number of ether oxygens (including phenoxy) is 4. The third kappa shape index (κ3) is 2.40. The maximum atomic E-state index is 14.2. The van der Waals surface area contributed by atoms with Crippen molar-refractivity contribution in [3.8, 4) is 40.2 Å². The fourth-order valence-corrected chi connectivity index (χ4v) is 6.91. The molecule has 8 rings (SSSR count). The van der Waals surface area contributed by atoms with E-state index < -0.39 is 52.2 Å². The molecule has 1 aromatic heterocycles. The molecule has 0 fully saturated rings. The highest BCUT2D eigenvalue weighted by molar-refractivity contribution is 6.29. The molecular weight excluding hydrogens is 540 g/mol. The van der Waals surface area contributed by atoms with Crippen LogP contribution in [0.2, 0.25) is 0 Å². The Kier molecular flexibility index (Phi) is 3.98. The van der Waals surface area contributed by atoms with Gasteiger partial charge in [-0.3, -0.25) is 4.79 Å². The molecule has 0 spiro atoms. The number of carbonyl (C=O) groups excluding carboxylic acids is 2. The van der Waals surface area contributed by atoms with Gasteiger partial charge in [0.05, 0.1) is 20.6 Å². The Labute approximate surface area is 228 Å². The van der Waals surface area contributed by atoms with Crippen molar-refractivity contribution >= 4 is 44.6 Å². The summed E-state index contributed by atoms with van der Waals surface area (Å²) in [4.78, 5) is 40.6. The molecule has 12 heteroatoms. The van der Waals surface area contributed by atoms with Gasteiger partial charge < -0.3 is 43.8 Å². The van der Waals surface area contributed by atoms with E-state index in [-0.39, 0.29) is 78.1 Å². The van der Waals surface area contributed by atoms with Crippen LogP contribution in [-0.2, 0) is 15.1 Å². The van der Waals surface area contributed by atoms with E-state index in [1.165, 1.54) is 21.1 Å². The lowest BCUT2D eigenvalue weighted by molar-refractivity contribution is -0.137. The van der Waals surface area contributed by atoms with Gasteiger partial charge in [-0.1, -0.05) is 0 Å². The number of rotatable bonds is 2. The SMILES string of the molecule is COc1cc(O)c2c3c1Oc1c(O)cc4oc(=O)c5c(O)cc(OC)c6c5c4c1C1=C3C(C)(CC(=O)C16O)OC2=O. The van der Waals surface area contributed by atoms with Crippen molar-refractivity contribution in [2.45, 2.75) is 24.5 Å². The molecule has 4 aliphatic rings. The van der Waals surface area contributed by atoms with Gasteiger partial charge in [0.15, 0.2) is 34.4 Å². The quantitative estimate of drug-likeness (QED) is 0.160. The lowest BCUT2D eigenvalue weighted by Gasteiger charge is -2.47. The lowest BCUT2D eigenvalue weighted by Crippen LogP contribution is -2.52. The third-order valence-corrected chi connectivity index (χ3v) is 8.45. The van der Waals surface area contributed by atoms with Gasteiger partial charge in [0.2, 0.25) is 0 Å². The summed E-state index contributed by atoms with van der Waals surface area (Å²) in [6.45, 7) is 1.49. The molecule has 0 amide bonds. The predicted molar refractivity (Wildman–Crippen MR) is 139 cm³/mol. The molecule has 0 saturated heterocycles. The number of carbonyl (C=O) groups is 2. The molecule has 2 atom stereocenters. The molecule has 0 radical (unpaired) electrons. The molecule has 206 valence electrons. The van der Waals surface area contributed by atoms with Crippen LogP contribution in [0.25, 0.3) is 32.9 Å². The molecule has 4 aromatic rings. The van der Waals surface area contributed by atoms with Crippen molar-refractivity contribution in [3.05, 3.63) is 50.9 Å². The second kappa shape index (κ2) is 6.91.